The average molecular weight is 275 g/mol. The van der Waals surface area contributed by atoms with Gasteiger partial charge >= 0.3 is 0 Å². The minimum absolute atomic E-state index is 0. The van der Waals surface area contributed by atoms with Crippen LogP contribution in [0.5, 0.6) is 0 Å². The van der Waals surface area contributed by atoms with E-state index in [1.54, 1.807) is 11.5 Å². The lowest BCUT2D eigenvalue weighted by Gasteiger charge is -2.43. The van der Waals surface area contributed by atoms with Crippen LogP contribution in [0.1, 0.15) is 23.8 Å². The van der Waals surface area contributed by atoms with Crippen LogP contribution in [-0.2, 0) is 0 Å². The average Bonchev–Trinajstić information content (AvgIpc) is 2.80. The van der Waals surface area contributed by atoms with Crippen LogP contribution in [0.25, 0.3) is 0 Å². The highest BCUT2D eigenvalue weighted by atomic mass is 35.5. The molecule has 0 spiro atoms. The Hall–Kier alpha value is -0.390. The molecule has 1 aromatic rings. The molecule has 0 amide bonds. The van der Waals surface area contributed by atoms with Gasteiger partial charge < -0.3 is 9.80 Å². The van der Waals surface area contributed by atoms with Gasteiger partial charge in [0, 0.05) is 26.6 Å². The summed E-state index contributed by atoms with van der Waals surface area (Å²) in [5.74, 6) is 2.37. The lowest BCUT2D eigenvalue weighted by molar-refractivity contribution is 0.0870. The van der Waals surface area contributed by atoms with Crippen LogP contribution in [-0.4, -0.2) is 48.0 Å². The Balaban J connectivity index is 0.00000108. The van der Waals surface area contributed by atoms with E-state index in [1.807, 2.05) is 19.0 Å². The largest absolute Gasteiger partial charge is 0.346 e. The van der Waals surface area contributed by atoms with E-state index in [0.29, 0.717) is 5.92 Å². The molecule has 0 saturated carbocycles. The van der Waals surface area contributed by atoms with Gasteiger partial charge in [-0.3, -0.25) is 0 Å². The van der Waals surface area contributed by atoms with Crippen molar-refractivity contribution in [3.63, 3.8) is 0 Å². The van der Waals surface area contributed by atoms with Gasteiger partial charge in [-0.15, -0.1) is 12.4 Å². The zero-order chi connectivity index (χ0) is 11.1. The molecule has 1 aromatic heterocycles. The normalized spacial score (nSPS) is 31.1. The second-order valence-electron chi connectivity index (χ2n) is 5.07. The fourth-order valence-electron chi connectivity index (χ4n) is 2.80. The quantitative estimate of drug-likeness (QED) is 0.824. The second kappa shape index (κ2) is 5.08. The van der Waals surface area contributed by atoms with Crippen LogP contribution in [0.3, 0.4) is 0 Å². The standard InChI is InChI=1S/C11H18N4S.ClH/c1-14(2)11-12-10(16-13-11)9-7-15-5-3-8(9)4-6-15;/h8-9H,3-7H2,1-2H3;1H. The monoisotopic (exact) mass is 274 g/mol. The number of hydrogen-bond donors (Lipinski definition) is 0. The minimum Gasteiger partial charge on any atom is -0.346 e. The third-order valence-electron chi connectivity index (χ3n) is 3.80. The number of nitrogens with zero attached hydrogens (tertiary/aromatic N) is 4. The molecule has 3 fully saturated rings. The number of halogens is 1. The molecule has 17 heavy (non-hydrogen) atoms. The summed E-state index contributed by atoms with van der Waals surface area (Å²) in [5.41, 5.74) is 0. The van der Waals surface area contributed by atoms with E-state index >= 15 is 0 Å². The molecule has 1 unspecified atom stereocenters. The number of hydrogen-bond acceptors (Lipinski definition) is 5. The Kier molecular flexibility index (Phi) is 3.90. The Morgan fingerprint density at radius 2 is 2.00 bits per heavy atom. The molecule has 96 valence electrons. The first-order valence-corrected chi connectivity index (χ1v) is 6.74. The molecule has 0 N–H and O–H groups in total. The van der Waals surface area contributed by atoms with Crippen LogP contribution in [0.4, 0.5) is 5.95 Å². The zero-order valence-electron chi connectivity index (χ0n) is 10.3. The van der Waals surface area contributed by atoms with Gasteiger partial charge in [0.15, 0.2) is 0 Å². The Labute approximate surface area is 113 Å². The predicted octanol–water partition coefficient (Wildman–Crippen LogP) is 1.84. The summed E-state index contributed by atoms with van der Waals surface area (Å²) >= 11 is 1.59. The summed E-state index contributed by atoms with van der Waals surface area (Å²) < 4.78 is 4.41. The highest BCUT2D eigenvalue weighted by Crippen LogP contribution is 2.39. The van der Waals surface area contributed by atoms with Crippen molar-refractivity contribution in [2.75, 3.05) is 38.6 Å². The minimum atomic E-state index is 0. The molecule has 3 aliphatic heterocycles. The molecule has 4 nitrogen and oxygen atoms in total. The van der Waals surface area contributed by atoms with E-state index in [0.717, 1.165) is 11.9 Å². The molecule has 0 radical (unpaired) electrons. The molecule has 1 atom stereocenters. The van der Waals surface area contributed by atoms with Gasteiger partial charge in [0.1, 0.15) is 5.01 Å². The molecular weight excluding hydrogens is 256 g/mol. The van der Waals surface area contributed by atoms with Crippen molar-refractivity contribution in [3.8, 4) is 0 Å². The smallest absolute Gasteiger partial charge is 0.236 e. The van der Waals surface area contributed by atoms with Gasteiger partial charge in [0.05, 0.1) is 0 Å². The fourth-order valence-corrected chi connectivity index (χ4v) is 3.71. The third-order valence-corrected chi connectivity index (χ3v) is 4.64. The number of anilines is 1. The van der Waals surface area contributed by atoms with Crippen LogP contribution in [0.2, 0.25) is 0 Å². The summed E-state index contributed by atoms with van der Waals surface area (Å²) in [6.07, 6.45) is 2.70. The van der Waals surface area contributed by atoms with Gasteiger partial charge in [-0.05, 0) is 43.4 Å². The second-order valence-corrected chi connectivity index (χ2v) is 5.85. The van der Waals surface area contributed by atoms with E-state index in [9.17, 15) is 0 Å². The maximum Gasteiger partial charge on any atom is 0.236 e. The highest BCUT2D eigenvalue weighted by Gasteiger charge is 2.36. The summed E-state index contributed by atoms with van der Waals surface area (Å²) in [6, 6.07) is 0. The van der Waals surface area contributed by atoms with Crippen molar-refractivity contribution < 1.29 is 0 Å². The topological polar surface area (TPSA) is 32.3 Å². The summed E-state index contributed by atoms with van der Waals surface area (Å²) in [7, 11) is 4.00. The molecular formula is C11H19ClN4S. The Bertz CT molecular complexity index is 373. The molecule has 3 aliphatic rings. The van der Waals surface area contributed by atoms with Gasteiger partial charge in [-0.25, -0.2) is 4.98 Å². The van der Waals surface area contributed by atoms with E-state index in [1.165, 1.54) is 37.5 Å². The molecule has 4 heterocycles. The van der Waals surface area contributed by atoms with E-state index < -0.39 is 0 Å². The van der Waals surface area contributed by atoms with Crippen LogP contribution < -0.4 is 4.90 Å². The first kappa shape index (κ1) is 13.1. The van der Waals surface area contributed by atoms with Crippen molar-refractivity contribution >= 4 is 29.9 Å². The highest BCUT2D eigenvalue weighted by molar-refractivity contribution is 7.05. The number of aromatic nitrogens is 2. The first-order chi connectivity index (χ1) is 7.74. The lowest BCUT2D eigenvalue weighted by atomic mass is 9.79. The maximum absolute atomic E-state index is 4.66. The van der Waals surface area contributed by atoms with Crippen molar-refractivity contribution in [2.45, 2.75) is 18.8 Å². The van der Waals surface area contributed by atoms with Gasteiger partial charge in [-0.1, -0.05) is 0 Å². The summed E-state index contributed by atoms with van der Waals surface area (Å²) in [6.45, 7) is 3.79. The van der Waals surface area contributed by atoms with E-state index in [-0.39, 0.29) is 12.4 Å². The van der Waals surface area contributed by atoms with Crippen molar-refractivity contribution in [2.24, 2.45) is 5.92 Å². The van der Waals surface area contributed by atoms with Crippen LogP contribution in [0.15, 0.2) is 0 Å². The SMILES string of the molecule is CN(C)c1nsc(C2CN3CCC2CC3)n1.Cl. The molecule has 6 heteroatoms. The van der Waals surface area contributed by atoms with Crippen molar-refractivity contribution in [1.29, 1.82) is 0 Å². The van der Waals surface area contributed by atoms with Gasteiger partial charge in [0.2, 0.25) is 5.95 Å². The van der Waals surface area contributed by atoms with Gasteiger partial charge in [0.25, 0.3) is 0 Å². The molecule has 0 aromatic carbocycles. The molecule has 2 bridgehead atoms. The predicted molar refractivity (Wildman–Crippen MR) is 73.4 cm³/mol. The molecule has 4 rings (SSSR count). The number of rotatable bonds is 2. The van der Waals surface area contributed by atoms with Crippen molar-refractivity contribution in [1.82, 2.24) is 14.3 Å². The Morgan fingerprint density at radius 3 is 2.47 bits per heavy atom. The number of fused-ring (bicyclic) bond motifs is 3. The summed E-state index contributed by atoms with van der Waals surface area (Å²) in [5, 5.41) is 1.25. The fraction of sp³-hybridized carbons (Fsp3) is 0.818. The number of piperidine rings is 3. The maximum atomic E-state index is 4.66. The van der Waals surface area contributed by atoms with Crippen molar-refractivity contribution in [3.05, 3.63) is 5.01 Å². The Morgan fingerprint density at radius 1 is 1.29 bits per heavy atom. The van der Waals surface area contributed by atoms with Crippen LogP contribution in [0, 0.1) is 5.92 Å². The molecule has 0 aliphatic carbocycles. The lowest BCUT2D eigenvalue weighted by Crippen LogP contribution is -2.46. The third kappa shape index (κ3) is 2.41. The van der Waals surface area contributed by atoms with E-state index in [4.69, 9.17) is 0 Å². The van der Waals surface area contributed by atoms with Crippen LogP contribution >= 0.6 is 23.9 Å². The first-order valence-electron chi connectivity index (χ1n) is 5.97. The zero-order valence-corrected chi connectivity index (χ0v) is 11.9. The molecule has 3 saturated heterocycles. The summed E-state index contributed by atoms with van der Waals surface area (Å²) in [4.78, 5) is 9.22. The van der Waals surface area contributed by atoms with Gasteiger partial charge in [-0.2, -0.15) is 4.37 Å². The van der Waals surface area contributed by atoms with E-state index in [2.05, 4.69) is 14.3 Å².